The summed E-state index contributed by atoms with van der Waals surface area (Å²) in [6.07, 6.45) is 0. The van der Waals surface area contributed by atoms with Crippen LogP contribution >= 0.6 is 0 Å². The van der Waals surface area contributed by atoms with Crippen molar-refractivity contribution in [2.45, 2.75) is 46.1 Å². The molecule has 0 aromatic heterocycles. The Labute approximate surface area is 95.7 Å². The topological polar surface area (TPSA) is 26.0 Å². The highest BCUT2D eigenvalue weighted by Crippen LogP contribution is 2.40. The average Bonchev–Trinajstić information content (AvgIpc) is 1.97. The highest BCUT2D eigenvalue weighted by atomic mass is 19.3. The van der Waals surface area contributed by atoms with Crippen LogP contribution in [0.25, 0.3) is 0 Å². The standard InChI is InChI=1S/C13H19F2N/c1-8-6-9(2)11(10(3)7-8)13(14,15)12(4,5)16/h6-7H,16H2,1-5H3. The van der Waals surface area contributed by atoms with E-state index in [4.69, 9.17) is 5.73 Å². The van der Waals surface area contributed by atoms with Gasteiger partial charge in [0.05, 0.1) is 5.54 Å². The van der Waals surface area contributed by atoms with Gasteiger partial charge in [-0.25, -0.2) is 0 Å². The molecule has 1 aromatic rings. The van der Waals surface area contributed by atoms with Gasteiger partial charge in [-0.15, -0.1) is 0 Å². The first-order valence-electron chi connectivity index (χ1n) is 5.32. The average molecular weight is 227 g/mol. The molecular formula is C13H19F2N. The first-order valence-corrected chi connectivity index (χ1v) is 5.32. The van der Waals surface area contributed by atoms with E-state index in [0.29, 0.717) is 11.1 Å². The molecule has 0 unspecified atom stereocenters. The molecule has 0 aliphatic rings. The van der Waals surface area contributed by atoms with E-state index in [1.807, 2.05) is 6.92 Å². The van der Waals surface area contributed by atoms with Gasteiger partial charge in [0.15, 0.2) is 0 Å². The van der Waals surface area contributed by atoms with Gasteiger partial charge in [-0.3, -0.25) is 0 Å². The van der Waals surface area contributed by atoms with Gasteiger partial charge in [0.25, 0.3) is 5.92 Å². The number of benzene rings is 1. The van der Waals surface area contributed by atoms with Crippen LogP contribution in [0.5, 0.6) is 0 Å². The van der Waals surface area contributed by atoms with Gasteiger partial charge >= 0.3 is 0 Å². The molecule has 16 heavy (non-hydrogen) atoms. The molecule has 1 aromatic carbocycles. The summed E-state index contributed by atoms with van der Waals surface area (Å²) in [5, 5.41) is 0. The third kappa shape index (κ3) is 2.09. The maximum atomic E-state index is 14.2. The van der Waals surface area contributed by atoms with Crippen molar-refractivity contribution < 1.29 is 8.78 Å². The molecule has 0 aliphatic carbocycles. The minimum Gasteiger partial charge on any atom is -0.320 e. The van der Waals surface area contributed by atoms with Crippen molar-refractivity contribution in [1.82, 2.24) is 0 Å². The summed E-state index contributed by atoms with van der Waals surface area (Å²) >= 11 is 0. The number of halogens is 2. The summed E-state index contributed by atoms with van der Waals surface area (Å²) in [5.74, 6) is -3.02. The van der Waals surface area contributed by atoms with Crippen molar-refractivity contribution in [1.29, 1.82) is 0 Å². The maximum absolute atomic E-state index is 14.2. The molecule has 90 valence electrons. The number of nitrogens with two attached hydrogens (primary N) is 1. The van der Waals surface area contributed by atoms with Crippen molar-refractivity contribution >= 4 is 0 Å². The minimum absolute atomic E-state index is 0.0607. The molecule has 0 amide bonds. The summed E-state index contributed by atoms with van der Waals surface area (Å²) < 4.78 is 28.4. The van der Waals surface area contributed by atoms with E-state index >= 15 is 0 Å². The fourth-order valence-corrected chi connectivity index (χ4v) is 2.00. The largest absolute Gasteiger partial charge is 0.320 e. The number of alkyl halides is 2. The molecule has 0 fully saturated rings. The van der Waals surface area contributed by atoms with Crippen LogP contribution in [-0.4, -0.2) is 5.54 Å². The Morgan fingerprint density at radius 1 is 1.00 bits per heavy atom. The van der Waals surface area contributed by atoms with Crippen molar-refractivity contribution in [3.63, 3.8) is 0 Å². The molecule has 0 heterocycles. The summed E-state index contributed by atoms with van der Waals surface area (Å²) in [6, 6.07) is 3.53. The number of hydrogen-bond donors (Lipinski definition) is 1. The van der Waals surface area contributed by atoms with E-state index in [2.05, 4.69) is 0 Å². The molecule has 1 nitrogen and oxygen atoms in total. The van der Waals surface area contributed by atoms with Crippen LogP contribution in [0.15, 0.2) is 12.1 Å². The predicted octanol–water partition coefficient (Wildman–Crippen LogP) is 3.44. The van der Waals surface area contributed by atoms with Crippen molar-refractivity contribution in [2.24, 2.45) is 5.73 Å². The van der Waals surface area contributed by atoms with Gasteiger partial charge in [0.1, 0.15) is 0 Å². The van der Waals surface area contributed by atoms with Crippen LogP contribution in [0.1, 0.15) is 36.1 Å². The van der Waals surface area contributed by atoms with Gasteiger partial charge in [-0.1, -0.05) is 17.7 Å². The number of rotatable bonds is 2. The van der Waals surface area contributed by atoms with Gasteiger partial charge in [-0.05, 0) is 45.7 Å². The zero-order chi connectivity index (χ0) is 12.7. The Kier molecular flexibility index (Phi) is 3.12. The highest BCUT2D eigenvalue weighted by molar-refractivity contribution is 5.41. The molecule has 1 rings (SSSR count). The maximum Gasteiger partial charge on any atom is 0.290 e. The monoisotopic (exact) mass is 227 g/mol. The Morgan fingerprint density at radius 3 is 1.69 bits per heavy atom. The number of hydrogen-bond acceptors (Lipinski definition) is 1. The molecular weight excluding hydrogens is 208 g/mol. The Bertz CT molecular complexity index is 380. The van der Waals surface area contributed by atoms with E-state index in [1.165, 1.54) is 13.8 Å². The lowest BCUT2D eigenvalue weighted by molar-refractivity contribution is -0.0683. The summed E-state index contributed by atoms with van der Waals surface area (Å²) in [7, 11) is 0. The zero-order valence-corrected chi connectivity index (χ0v) is 10.5. The van der Waals surface area contributed by atoms with E-state index in [9.17, 15) is 8.78 Å². The number of aryl methyl sites for hydroxylation is 3. The first kappa shape index (κ1) is 13.1. The van der Waals surface area contributed by atoms with Crippen LogP contribution in [-0.2, 0) is 5.92 Å². The molecule has 0 bridgehead atoms. The summed E-state index contributed by atoms with van der Waals surface area (Å²) in [4.78, 5) is 0. The van der Waals surface area contributed by atoms with Crippen LogP contribution in [0.4, 0.5) is 8.78 Å². The second-order valence-corrected chi connectivity index (χ2v) is 5.07. The fraction of sp³-hybridized carbons (Fsp3) is 0.538. The predicted molar refractivity (Wildman–Crippen MR) is 62.8 cm³/mol. The van der Waals surface area contributed by atoms with Gasteiger partial charge in [0, 0.05) is 5.56 Å². The zero-order valence-electron chi connectivity index (χ0n) is 10.5. The lowest BCUT2D eigenvalue weighted by Gasteiger charge is -2.33. The molecule has 3 heteroatoms. The van der Waals surface area contributed by atoms with Crippen LogP contribution in [0.2, 0.25) is 0 Å². The normalized spacial score (nSPS) is 13.0. The Morgan fingerprint density at radius 2 is 1.38 bits per heavy atom. The molecule has 0 atom stereocenters. The third-order valence-corrected chi connectivity index (χ3v) is 2.80. The van der Waals surface area contributed by atoms with E-state index < -0.39 is 11.5 Å². The lowest BCUT2D eigenvalue weighted by Crippen LogP contribution is -2.49. The highest BCUT2D eigenvalue weighted by Gasteiger charge is 2.47. The summed E-state index contributed by atoms with van der Waals surface area (Å²) in [6.45, 7) is 8.01. The SMILES string of the molecule is Cc1cc(C)c(C(F)(F)C(C)(C)N)c(C)c1. The smallest absolute Gasteiger partial charge is 0.290 e. The van der Waals surface area contributed by atoms with E-state index in [1.54, 1.807) is 26.0 Å². The van der Waals surface area contributed by atoms with Crippen molar-refractivity contribution in [3.05, 3.63) is 34.4 Å². The second kappa shape index (κ2) is 3.81. The van der Waals surface area contributed by atoms with E-state index in [-0.39, 0.29) is 5.56 Å². The minimum atomic E-state index is -3.02. The molecule has 0 radical (unpaired) electrons. The Balaban J connectivity index is 3.45. The lowest BCUT2D eigenvalue weighted by atomic mass is 9.85. The first-order chi connectivity index (χ1) is 7.07. The molecule has 2 N–H and O–H groups in total. The van der Waals surface area contributed by atoms with Crippen molar-refractivity contribution in [2.75, 3.05) is 0 Å². The molecule has 0 spiro atoms. The van der Waals surface area contributed by atoms with Crippen LogP contribution < -0.4 is 5.73 Å². The third-order valence-electron chi connectivity index (χ3n) is 2.80. The quantitative estimate of drug-likeness (QED) is 0.822. The molecule has 0 aliphatic heterocycles. The van der Waals surface area contributed by atoms with E-state index in [0.717, 1.165) is 5.56 Å². The van der Waals surface area contributed by atoms with Gasteiger partial charge in [-0.2, -0.15) is 8.78 Å². The fourth-order valence-electron chi connectivity index (χ4n) is 2.00. The van der Waals surface area contributed by atoms with Crippen molar-refractivity contribution in [3.8, 4) is 0 Å². The molecule has 0 saturated heterocycles. The second-order valence-electron chi connectivity index (χ2n) is 5.07. The Hall–Kier alpha value is -0.960. The summed E-state index contributed by atoms with van der Waals surface area (Å²) in [5.41, 5.74) is 6.26. The van der Waals surface area contributed by atoms with Gasteiger partial charge < -0.3 is 5.73 Å². The van der Waals surface area contributed by atoms with Gasteiger partial charge in [0.2, 0.25) is 0 Å². The van der Waals surface area contributed by atoms with Crippen LogP contribution in [0, 0.1) is 20.8 Å². The molecule has 0 saturated carbocycles. The van der Waals surface area contributed by atoms with Crippen LogP contribution in [0.3, 0.4) is 0 Å².